The van der Waals surface area contributed by atoms with Crippen LogP contribution in [0.15, 0.2) is 35.1 Å². The minimum Gasteiger partial charge on any atom is -0.382 e. The minimum absolute atomic E-state index is 0.190. The smallest absolute Gasteiger partial charge is 0.275 e. The van der Waals surface area contributed by atoms with Crippen molar-refractivity contribution in [2.45, 2.75) is 0 Å². The van der Waals surface area contributed by atoms with Crippen LogP contribution in [0.25, 0.3) is 0 Å². The highest BCUT2D eigenvalue weighted by Crippen LogP contribution is 2.25. The Bertz CT molecular complexity index is 588. The van der Waals surface area contributed by atoms with E-state index in [2.05, 4.69) is 31.2 Å². The van der Waals surface area contributed by atoms with Gasteiger partial charge in [-0.2, -0.15) is 0 Å². The summed E-state index contributed by atoms with van der Waals surface area (Å²) in [6, 6.07) is 5.07. The highest BCUT2D eigenvalue weighted by Gasteiger charge is 2.08. The average Bonchev–Trinajstić information content (AvgIpc) is 2.34. The topological polar surface area (TPSA) is 80.9 Å². The summed E-state index contributed by atoms with van der Waals surface area (Å²) in [6.45, 7) is 0. The van der Waals surface area contributed by atoms with Gasteiger partial charge in [0.2, 0.25) is 0 Å². The van der Waals surface area contributed by atoms with Crippen molar-refractivity contribution < 1.29 is 4.79 Å². The van der Waals surface area contributed by atoms with Gasteiger partial charge in [0.05, 0.1) is 17.4 Å². The first-order valence-electron chi connectivity index (χ1n) is 4.90. The second kappa shape index (κ2) is 5.32. The zero-order valence-corrected chi connectivity index (χ0v) is 11.4. The quantitative estimate of drug-likeness (QED) is 0.888. The van der Waals surface area contributed by atoms with Gasteiger partial charge >= 0.3 is 0 Å². The van der Waals surface area contributed by atoms with Crippen molar-refractivity contribution in [3.05, 3.63) is 45.8 Å². The van der Waals surface area contributed by atoms with Gasteiger partial charge in [-0.15, -0.1) is 0 Å². The Labute approximate surface area is 117 Å². The minimum atomic E-state index is -0.364. The summed E-state index contributed by atoms with van der Waals surface area (Å²) in [6.07, 6.45) is 2.64. The molecule has 92 valence electrons. The number of nitrogens with two attached hydrogens (primary N) is 1. The van der Waals surface area contributed by atoms with Crippen LogP contribution in [-0.4, -0.2) is 15.9 Å². The van der Waals surface area contributed by atoms with Crippen molar-refractivity contribution in [1.82, 2.24) is 9.97 Å². The fraction of sp³-hybridized carbons (Fsp3) is 0. The number of nitrogens with zero attached hydrogens (tertiary/aromatic N) is 2. The molecule has 2 rings (SSSR count). The zero-order chi connectivity index (χ0) is 13.1. The Morgan fingerprint density at radius 2 is 2.11 bits per heavy atom. The number of nitrogens with one attached hydrogen (secondary N) is 1. The maximum Gasteiger partial charge on any atom is 0.275 e. The number of aromatic nitrogens is 2. The standard InChI is InChI=1S/C11H8BrClN4O/c12-7-3-6(1-2-8(7)13)17-11(18)9-4-16-10(14)5-15-9/h1-5H,(H2,14,16)(H,17,18). The van der Waals surface area contributed by atoms with Gasteiger partial charge in [0.15, 0.2) is 0 Å². The number of carbonyl (C=O) groups is 1. The third-order valence-corrected chi connectivity index (χ3v) is 3.30. The SMILES string of the molecule is Nc1cnc(C(=O)Nc2ccc(Cl)c(Br)c2)cn1. The predicted octanol–water partition coefficient (Wildman–Crippen LogP) is 2.73. The van der Waals surface area contributed by atoms with Crippen LogP contribution in [0.3, 0.4) is 0 Å². The number of hydrogen-bond donors (Lipinski definition) is 2. The number of hydrogen-bond acceptors (Lipinski definition) is 4. The molecular formula is C11H8BrClN4O. The van der Waals surface area contributed by atoms with E-state index >= 15 is 0 Å². The van der Waals surface area contributed by atoms with Gasteiger partial charge in [-0.3, -0.25) is 4.79 Å². The lowest BCUT2D eigenvalue weighted by molar-refractivity contribution is 0.102. The number of amides is 1. The molecule has 0 atom stereocenters. The van der Waals surface area contributed by atoms with Gasteiger partial charge in [0.25, 0.3) is 5.91 Å². The lowest BCUT2D eigenvalue weighted by Crippen LogP contribution is -2.14. The van der Waals surface area contributed by atoms with E-state index in [1.807, 2.05) is 0 Å². The van der Waals surface area contributed by atoms with Crippen LogP contribution in [0.1, 0.15) is 10.5 Å². The van der Waals surface area contributed by atoms with E-state index < -0.39 is 0 Å². The number of rotatable bonds is 2. The highest BCUT2D eigenvalue weighted by atomic mass is 79.9. The number of anilines is 2. The van der Waals surface area contributed by atoms with Crippen molar-refractivity contribution in [3.63, 3.8) is 0 Å². The normalized spacial score (nSPS) is 10.1. The second-order valence-corrected chi connectivity index (χ2v) is 4.67. The third-order valence-electron chi connectivity index (χ3n) is 2.08. The van der Waals surface area contributed by atoms with Crippen LogP contribution in [0.4, 0.5) is 11.5 Å². The molecule has 2 aromatic rings. The second-order valence-electron chi connectivity index (χ2n) is 3.41. The molecule has 0 bridgehead atoms. The number of nitrogen functional groups attached to an aromatic ring is 1. The molecule has 1 aromatic carbocycles. The van der Waals surface area contributed by atoms with Crippen molar-refractivity contribution in [1.29, 1.82) is 0 Å². The summed E-state index contributed by atoms with van der Waals surface area (Å²) >= 11 is 9.13. The van der Waals surface area contributed by atoms with Crippen LogP contribution < -0.4 is 11.1 Å². The van der Waals surface area contributed by atoms with Gasteiger partial charge < -0.3 is 11.1 Å². The van der Waals surface area contributed by atoms with Crippen molar-refractivity contribution in [2.24, 2.45) is 0 Å². The summed E-state index contributed by atoms with van der Waals surface area (Å²) in [5, 5.41) is 3.24. The lowest BCUT2D eigenvalue weighted by atomic mass is 10.3. The predicted molar refractivity (Wildman–Crippen MR) is 73.5 cm³/mol. The van der Waals surface area contributed by atoms with Crippen LogP contribution >= 0.6 is 27.5 Å². The first kappa shape index (κ1) is 12.8. The van der Waals surface area contributed by atoms with Crippen molar-refractivity contribution in [2.75, 3.05) is 11.1 Å². The van der Waals surface area contributed by atoms with Crippen LogP contribution in [0.5, 0.6) is 0 Å². The maximum absolute atomic E-state index is 11.8. The molecule has 0 saturated heterocycles. The first-order valence-corrected chi connectivity index (χ1v) is 6.07. The fourth-order valence-corrected chi connectivity index (χ4v) is 1.72. The molecule has 0 aliphatic rings. The number of halogens is 2. The third kappa shape index (κ3) is 2.96. The summed E-state index contributed by atoms with van der Waals surface area (Å²) in [5.74, 6) is -0.0995. The van der Waals surface area contributed by atoms with Gasteiger partial charge in [-0.05, 0) is 34.1 Å². The molecule has 0 aliphatic carbocycles. The average molecular weight is 328 g/mol. The van der Waals surface area contributed by atoms with E-state index in [1.165, 1.54) is 12.4 Å². The summed E-state index contributed by atoms with van der Waals surface area (Å²) < 4.78 is 0.699. The van der Waals surface area contributed by atoms with E-state index in [4.69, 9.17) is 17.3 Å². The van der Waals surface area contributed by atoms with E-state index in [-0.39, 0.29) is 17.4 Å². The van der Waals surface area contributed by atoms with Crippen molar-refractivity contribution in [3.8, 4) is 0 Å². The fourth-order valence-electron chi connectivity index (χ4n) is 1.22. The molecule has 0 unspecified atom stereocenters. The molecule has 0 radical (unpaired) electrons. The lowest BCUT2D eigenvalue weighted by Gasteiger charge is -2.05. The molecule has 18 heavy (non-hydrogen) atoms. The molecule has 1 aromatic heterocycles. The van der Waals surface area contributed by atoms with Gasteiger partial charge in [0, 0.05) is 10.2 Å². The molecule has 0 saturated carbocycles. The van der Waals surface area contributed by atoms with Gasteiger partial charge in [0.1, 0.15) is 11.5 Å². The largest absolute Gasteiger partial charge is 0.382 e. The molecule has 3 N–H and O–H groups in total. The molecule has 5 nitrogen and oxygen atoms in total. The summed E-state index contributed by atoms with van der Waals surface area (Å²) in [4.78, 5) is 19.5. The highest BCUT2D eigenvalue weighted by molar-refractivity contribution is 9.10. The Kier molecular flexibility index (Phi) is 3.78. The molecule has 0 spiro atoms. The number of benzene rings is 1. The Balaban J connectivity index is 2.16. The Hall–Kier alpha value is -1.66. The molecule has 0 aliphatic heterocycles. The maximum atomic E-state index is 11.8. The first-order chi connectivity index (χ1) is 8.56. The van der Waals surface area contributed by atoms with Gasteiger partial charge in [-0.1, -0.05) is 11.6 Å². The molecule has 1 heterocycles. The van der Waals surface area contributed by atoms with Crippen LogP contribution in [-0.2, 0) is 0 Å². The zero-order valence-electron chi connectivity index (χ0n) is 9.02. The molecule has 1 amide bonds. The van der Waals surface area contributed by atoms with E-state index in [0.29, 0.717) is 15.2 Å². The van der Waals surface area contributed by atoms with Crippen LogP contribution in [0.2, 0.25) is 5.02 Å². The molecule has 7 heteroatoms. The van der Waals surface area contributed by atoms with E-state index in [0.717, 1.165) is 0 Å². The monoisotopic (exact) mass is 326 g/mol. The Morgan fingerprint density at radius 3 is 2.72 bits per heavy atom. The molecule has 0 fully saturated rings. The number of carbonyl (C=O) groups excluding carboxylic acids is 1. The van der Waals surface area contributed by atoms with Gasteiger partial charge in [-0.25, -0.2) is 9.97 Å². The summed E-state index contributed by atoms with van der Waals surface area (Å²) in [7, 11) is 0. The van der Waals surface area contributed by atoms with Crippen molar-refractivity contribution >= 4 is 44.9 Å². The molecular weight excluding hydrogens is 320 g/mol. The Morgan fingerprint density at radius 1 is 1.33 bits per heavy atom. The van der Waals surface area contributed by atoms with Crippen LogP contribution in [0, 0.1) is 0 Å². The van der Waals surface area contributed by atoms with E-state index in [9.17, 15) is 4.79 Å². The summed E-state index contributed by atoms with van der Waals surface area (Å²) in [5.41, 5.74) is 6.19. The van der Waals surface area contributed by atoms with E-state index in [1.54, 1.807) is 18.2 Å².